The zero-order valence-electron chi connectivity index (χ0n) is 18.5. The van der Waals surface area contributed by atoms with Crippen LogP contribution in [0.15, 0.2) is 59.9 Å². The number of carbonyl (C=O) groups is 1. The van der Waals surface area contributed by atoms with Gasteiger partial charge in [0, 0.05) is 17.8 Å². The molecule has 1 aliphatic carbocycles. The van der Waals surface area contributed by atoms with Gasteiger partial charge in [-0.05, 0) is 61.2 Å². The Labute approximate surface area is 203 Å². The first-order chi connectivity index (χ1) is 17.0. The maximum absolute atomic E-state index is 13.3. The SMILES string of the molecule is O=C(NCc1cc(-c2ccc(C(F)(F)F)nc2)ncn1)C1CC2CC2N1S(=O)(=O)c1ccc(F)cc1. The van der Waals surface area contributed by atoms with E-state index in [1.807, 2.05) is 0 Å². The van der Waals surface area contributed by atoms with Gasteiger partial charge < -0.3 is 5.32 Å². The van der Waals surface area contributed by atoms with Crippen molar-refractivity contribution in [3.8, 4) is 11.3 Å². The van der Waals surface area contributed by atoms with Gasteiger partial charge in [0.05, 0.1) is 22.8 Å². The van der Waals surface area contributed by atoms with Gasteiger partial charge in [-0.1, -0.05) is 0 Å². The number of benzene rings is 1. The molecule has 1 aromatic carbocycles. The molecule has 2 aromatic heterocycles. The molecule has 0 spiro atoms. The third kappa shape index (κ3) is 4.67. The van der Waals surface area contributed by atoms with E-state index < -0.39 is 39.7 Å². The molecule has 1 amide bonds. The van der Waals surface area contributed by atoms with E-state index >= 15 is 0 Å². The summed E-state index contributed by atoms with van der Waals surface area (Å²) in [5, 5.41) is 2.69. The van der Waals surface area contributed by atoms with Crippen molar-refractivity contribution in [1.82, 2.24) is 24.6 Å². The number of fused-ring (bicyclic) bond motifs is 1. The number of alkyl halides is 3. The van der Waals surface area contributed by atoms with E-state index in [2.05, 4.69) is 20.3 Å². The Morgan fingerprint density at radius 3 is 2.47 bits per heavy atom. The number of rotatable bonds is 6. The predicted molar refractivity (Wildman–Crippen MR) is 118 cm³/mol. The Kier molecular flexibility index (Phi) is 5.99. The van der Waals surface area contributed by atoms with Gasteiger partial charge in [-0.2, -0.15) is 17.5 Å². The van der Waals surface area contributed by atoms with Gasteiger partial charge in [0.15, 0.2) is 0 Å². The van der Waals surface area contributed by atoms with Gasteiger partial charge in [-0.25, -0.2) is 22.8 Å². The molecule has 3 heterocycles. The van der Waals surface area contributed by atoms with Gasteiger partial charge in [0.2, 0.25) is 15.9 Å². The van der Waals surface area contributed by atoms with E-state index in [-0.39, 0.29) is 23.4 Å². The fraction of sp³-hybridized carbons (Fsp3) is 0.304. The molecule has 3 unspecified atom stereocenters. The molecular formula is C23H19F4N5O3S. The molecule has 36 heavy (non-hydrogen) atoms. The highest BCUT2D eigenvalue weighted by molar-refractivity contribution is 7.89. The van der Waals surface area contributed by atoms with Crippen molar-refractivity contribution < 1.29 is 30.8 Å². The van der Waals surface area contributed by atoms with Crippen LogP contribution in [0.1, 0.15) is 24.2 Å². The van der Waals surface area contributed by atoms with Gasteiger partial charge in [0.1, 0.15) is 23.9 Å². The number of nitrogens with one attached hydrogen (secondary N) is 1. The summed E-state index contributed by atoms with van der Waals surface area (Å²) in [6, 6.07) is 6.87. The highest BCUT2D eigenvalue weighted by Crippen LogP contribution is 2.50. The lowest BCUT2D eigenvalue weighted by atomic mass is 10.1. The molecule has 3 atom stereocenters. The quantitative estimate of drug-likeness (QED) is 0.500. The van der Waals surface area contributed by atoms with Crippen molar-refractivity contribution in [2.45, 2.75) is 42.5 Å². The van der Waals surface area contributed by atoms with Crippen molar-refractivity contribution in [3.63, 3.8) is 0 Å². The molecule has 8 nitrogen and oxygen atoms in total. The second-order valence-corrected chi connectivity index (χ2v) is 10.5. The Hall–Kier alpha value is -3.45. The van der Waals surface area contributed by atoms with E-state index in [0.29, 0.717) is 29.8 Å². The molecular weight excluding hydrogens is 502 g/mol. The van der Waals surface area contributed by atoms with Crippen molar-refractivity contribution in [1.29, 1.82) is 0 Å². The minimum Gasteiger partial charge on any atom is -0.349 e. The number of carbonyl (C=O) groups excluding carboxylic acids is 1. The molecule has 1 N–H and O–H groups in total. The second kappa shape index (κ2) is 8.89. The molecule has 13 heteroatoms. The number of sulfonamides is 1. The summed E-state index contributed by atoms with van der Waals surface area (Å²) in [4.78, 5) is 24.4. The number of aromatic nitrogens is 3. The molecule has 2 aliphatic rings. The van der Waals surface area contributed by atoms with Crippen LogP contribution >= 0.6 is 0 Å². The number of amides is 1. The number of piperidine rings is 1. The van der Waals surface area contributed by atoms with Crippen molar-refractivity contribution in [2.75, 3.05) is 0 Å². The Balaban J connectivity index is 1.28. The summed E-state index contributed by atoms with van der Waals surface area (Å²) in [6.07, 6.45) is -1.25. The van der Waals surface area contributed by atoms with Crippen LogP contribution in [0.2, 0.25) is 0 Å². The van der Waals surface area contributed by atoms with E-state index in [1.54, 1.807) is 0 Å². The molecule has 5 rings (SSSR count). The third-order valence-corrected chi connectivity index (χ3v) is 8.20. The first-order valence-electron chi connectivity index (χ1n) is 11.0. The largest absolute Gasteiger partial charge is 0.433 e. The molecule has 1 saturated carbocycles. The van der Waals surface area contributed by atoms with Crippen LogP contribution in [0.5, 0.6) is 0 Å². The molecule has 1 aliphatic heterocycles. The lowest BCUT2D eigenvalue weighted by Gasteiger charge is -2.26. The van der Waals surface area contributed by atoms with Gasteiger partial charge in [-0.15, -0.1) is 0 Å². The van der Waals surface area contributed by atoms with Gasteiger partial charge in [0.25, 0.3) is 0 Å². The van der Waals surface area contributed by atoms with Crippen molar-refractivity contribution >= 4 is 15.9 Å². The summed E-state index contributed by atoms with van der Waals surface area (Å²) in [6.45, 7) is -0.0430. The Morgan fingerprint density at radius 2 is 1.81 bits per heavy atom. The first-order valence-corrected chi connectivity index (χ1v) is 12.4. The molecule has 1 saturated heterocycles. The Morgan fingerprint density at radius 1 is 1.06 bits per heavy atom. The average molecular weight is 521 g/mol. The minimum atomic E-state index is -4.56. The zero-order chi connectivity index (χ0) is 25.7. The fourth-order valence-corrected chi connectivity index (χ4v) is 6.23. The maximum atomic E-state index is 13.3. The standard InChI is InChI=1S/C23H19F4N5O3S/c24-15-2-4-17(5-3-15)36(34,35)32-19-7-14(19)8-20(32)22(33)29-11-16-9-18(31-12-30-16)13-1-6-21(28-10-13)23(25,26)27/h1-6,9-10,12,14,19-20H,7-8,11H2,(H,29,33). The average Bonchev–Trinajstić information content (AvgIpc) is 3.50. The molecule has 188 valence electrons. The number of nitrogens with zero attached hydrogens (tertiary/aromatic N) is 4. The Bertz CT molecular complexity index is 1400. The summed E-state index contributed by atoms with van der Waals surface area (Å²) >= 11 is 0. The number of hydrogen-bond donors (Lipinski definition) is 1. The van der Waals surface area contributed by atoms with E-state index in [1.165, 1.54) is 34.9 Å². The van der Waals surface area contributed by atoms with Crippen molar-refractivity contribution in [2.24, 2.45) is 5.92 Å². The van der Waals surface area contributed by atoms with Crippen LogP contribution in [0.25, 0.3) is 11.3 Å². The number of pyridine rings is 1. The fourth-order valence-electron chi connectivity index (χ4n) is 4.38. The summed E-state index contributed by atoms with van der Waals surface area (Å²) in [5.74, 6) is -0.969. The van der Waals surface area contributed by atoms with Crippen LogP contribution < -0.4 is 5.32 Å². The van der Waals surface area contributed by atoms with Crippen LogP contribution in [-0.4, -0.2) is 45.7 Å². The lowest BCUT2D eigenvalue weighted by Crippen LogP contribution is -2.47. The van der Waals surface area contributed by atoms with E-state index in [4.69, 9.17) is 0 Å². The third-order valence-electron chi connectivity index (χ3n) is 6.25. The zero-order valence-corrected chi connectivity index (χ0v) is 19.3. The minimum absolute atomic E-state index is 0.0430. The summed E-state index contributed by atoms with van der Waals surface area (Å²) in [5.41, 5.74) is 0.00965. The normalized spacial score (nSPS) is 21.7. The van der Waals surface area contributed by atoms with Crippen molar-refractivity contribution in [3.05, 3.63) is 72.2 Å². The van der Waals surface area contributed by atoms with Gasteiger partial charge >= 0.3 is 6.18 Å². The number of hydrogen-bond acceptors (Lipinski definition) is 6. The summed E-state index contributed by atoms with van der Waals surface area (Å²) in [7, 11) is -4.00. The molecule has 2 fully saturated rings. The topological polar surface area (TPSA) is 105 Å². The lowest BCUT2D eigenvalue weighted by molar-refractivity contribution is -0.141. The molecule has 0 bridgehead atoms. The molecule has 0 radical (unpaired) electrons. The van der Waals surface area contributed by atoms with E-state index in [0.717, 1.165) is 24.4 Å². The number of halogens is 4. The molecule has 3 aromatic rings. The van der Waals surface area contributed by atoms with Crippen LogP contribution in [0.4, 0.5) is 17.6 Å². The first kappa shape index (κ1) is 24.3. The highest BCUT2D eigenvalue weighted by Gasteiger charge is 2.58. The van der Waals surface area contributed by atoms with Crippen LogP contribution in [0, 0.1) is 11.7 Å². The predicted octanol–water partition coefficient (Wildman–Crippen LogP) is 3.16. The second-order valence-electron chi connectivity index (χ2n) is 8.65. The maximum Gasteiger partial charge on any atom is 0.433 e. The highest BCUT2D eigenvalue weighted by atomic mass is 32.2. The smallest absolute Gasteiger partial charge is 0.349 e. The van der Waals surface area contributed by atoms with Crippen LogP contribution in [0.3, 0.4) is 0 Å². The van der Waals surface area contributed by atoms with E-state index in [9.17, 15) is 30.8 Å². The summed E-state index contributed by atoms with van der Waals surface area (Å²) < 4.78 is 79.1. The monoisotopic (exact) mass is 521 g/mol. The van der Waals surface area contributed by atoms with Gasteiger partial charge in [-0.3, -0.25) is 9.78 Å². The van der Waals surface area contributed by atoms with Crippen LogP contribution in [-0.2, 0) is 27.5 Å².